The third-order valence-electron chi connectivity index (χ3n) is 3.39. The maximum Gasteiger partial charge on any atom is 0.324 e. The van der Waals surface area contributed by atoms with E-state index in [2.05, 4.69) is 21.7 Å². The van der Waals surface area contributed by atoms with Crippen LogP contribution in [0.2, 0.25) is 0 Å². The molecule has 122 valence electrons. The van der Waals surface area contributed by atoms with Crippen LogP contribution in [0.25, 0.3) is 0 Å². The van der Waals surface area contributed by atoms with E-state index in [9.17, 15) is 10.1 Å². The second-order valence-electron chi connectivity index (χ2n) is 4.64. The van der Waals surface area contributed by atoms with Crippen molar-refractivity contribution in [3.8, 4) is 0 Å². The van der Waals surface area contributed by atoms with Crippen LogP contribution in [0, 0.1) is 10.1 Å². The molecule has 3 heterocycles. The van der Waals surface area contributed by atoms with Crippen molar-refractivity contribution >= 4 is 52.5 Å². The first-order chi connectivity index (χ1) is 9.75. The lowest BCUT2D eigenvalue weighted by Gasteiger charge is -2.33. The Morgan fingerprint density at radius 2 is 1.91 bits per heavy atom. The largest absolute Gasteiger partial charge is 0.324 e. The number of nitro groups is 1. The molecule has 9 heteroatoms. The molecule has 3 rings (SSSR count). The second-order valence-corrected chi connectivity index (χ2v) is 6.71. The lowest BCUT2D eigenvalue weighted by Crippen LogP contribution is -2.45. The molecule has 0 saturated carbocycles. The zero-order valence-electron chi connectivity index (χ0n) is 11.6. The molecule has 2 aromatic heterocycles. The number of hydrogen-bond donors (Lipinski definition) is 1. The van der Waals surface area contributed by atoms with Gasteiger partial charge in [-0.1, -0.05) is 17.4 Å². The first kappa shape index (κ1) is 19.3. The summed E-state index contributed by atoms with van der Waals surface area (Å²) in [5.41, 5.74) is 0. The molecule has 1 aliphatic rings. The van der Waals surface area contributed by atoms with Crippen LogP contribution in [0.5, 0.6) is 0 Å². The Morgan fingerprint density at radius 3 is 2.45 bits per heavy atom. The molecule has 0 spiro atoms. The van der Waals surface area contributed by atoms with Gasteiger partial charge in [-0.3, -0.25) is 15.0 Å². The van der Waals surface area contributed by atoms with Crippen molar-refractivity contribution in [2.75, 3.05) is 26.2 Å². The standard InChI is InChI=1S/C13H15N3O2S2.2ClH/c17-16(18)12-4-3-11(20-12)13(10-2-1-9-19-10)15-7-5-14-6-8-15;;/h1-4,9,13-14H,5-8H2;2*1H/t13-;;/m0../s1. The van der Waals surface area contributed by atoms with E-state index >= 15 is 0 Å². The minimum atomic E-state index is -0.308. The highest BCUT2D eigenvalue weighted by molar-refractivity contribution is 7.15. The fourth-order valence-corrected chi connectivity index (χ4v) is 4.40. The normalized spacial score (nSPS) is 16.4. The number of hydrogen-bond acceptors (Lipinski definition) is 6. The summed E-state index contributed by atoms with van der Waals surface area (Å²) in [6, 6.07) is 7.81. The molecule has 2 aromatic rings. The molecule has 0 radical (unpaired) electrons. The molecule has 0 amide bonds. The lowest BCUT2D eigenvalue weighted by molar-refractivity contribution is -0.380. The topological polar surface area (TPSA) is 58.4 Å². The Kier molecular flexibility index (Phi) is 7.75. The molecular formula is C13H17Cl2N3O2S2. The van der Waals surface area contributed by atoms with Crippen molar-refractivity contribution in [3.63, 3.8) is 0 Å². The smallest absolute Gasteiger partial charge is 0.314 e. The molecule has 1 fully saturated rings. The van der Waals surface area contributed by atoms with Crippen LogP contribution in [-0.4, -0.2) is 36.0 Å². The van der Waals surface area contributed by atoms with Gasteiger partial charge in [0.05, 0.1) is 11.0 Å². The SMILES string of the molecule is Cl.Cl.O=[N+]([O-])c1ccc([C@H](c2cccs2)N2CCNCC2)s1. The molecule has 5 nitrogen and oxygen atoms in total. The first-order valence-electron chi connectivity index (χ1n) is 6.48. The molecule has 1 N–H and O–H groups in total. The summed E-state index contributed by atoms with van der Waals surface area (Å²) >= 11 is 3.00. The molecule has 0 unspecified atom stereocenters. The number of thiophene rings is 2. The fraction of sp³-hybridized carbons (Fsp3) is 0.385. The highest BCUT2D eigenvalue weighted by Crippen LogP contribution is 2.38. The van der Waals surface area contributed by atoms with Crippen LogP contribution < -0.4 is 5.32 Å². The van der Waals surface area contributed by atoms with E-state index in [0.29, 0.717) is 0 Å². The molecule has 1 atom stereocenters. The molecule has 0 bridgehead atoms. The molecule has 0 aromatic carbocycles. The Bertz CT molecular complexity index is 586. The summed E-state index contributed by atoms with van der Waals surface area (Å²) in [7, 11) is 0. The summed E-state index contributed by atoms with van der Waals surface area (Å²) in [4.78, 5) is 15.3. The minimum absolute atomic E-state index is 0. The van der Waals surface area contributed by atoms with Crippen molar-refractivity contribution in [3.05, 3.63) is 49.5 Å². The predicted molar refractivity (Wildman–Crippen MR) is 96.1 cm³/mol. The van der Waals surface area contributed by atoms with E-state index in [1.807, 2.05) is 12.1 Å². The van der Waals surface area contributed by atoms with Gasteiger partial charge in [0.15, 0.2) is 0 Å². The number of piperazine rings is 1. The average molecular weight is 382 g/mol. The van der Waals surface area contributed by atoms with E-state index < -0.39 is 0 Å². The third-order valence-corrected chi connectivity index (χ3v) is 5.41. The van der Waals surface area contributed by atoms with E-state index in [-0.39, 0.29) is 40.8 Å². The van der Waals surface area contributed by atoms with Crippen LogP contribution in [0.3, 0.4) is 0 Å². The summed E-state index contributed by atoms with van der Waals surface area (Å²) in [5.74, 6) is 0. The zero-order chi connectivity index (χ0) is 13.9. The Morgan fingerprint density at radius 1 is 1.18 bits per heavy atom. The summed E-state index contributed by atoms with van der Waals surface area (Å²) in [6.45, 7) is 3.87. The maximum absolute atomic E-state index is 10.9. The number of rotatable bonds is 4. The number of nitrogens with one attached hydrogen (secondary N) is 1. The molecule has 1 aliphatic heterocycles. The highest BCUT2D eigenvalue weighted by atomic mass is 35.5. The van der Waals surface area contributed by atoms with Gasteiger partial charge in [0.25, 0.3) is 0 Å². The quantitative estimate of drug-likeness (QED) is 0.649. The van der Waals surface area contributed by atoms with Gasteiger partial charge in [0, 0.05) is 42.0 Å². The van der Waals surface area contributed by atoms with Gasteiger partial charge in [-0.05, 0) is 17.5 Å². The van der Waals surface area contributed by atoms with Crippen LogP contribution in [-0.2, 0) is 0 Å². The Labute approximate surface area is 149 Å². The maximum atomic E-state index is 10.9. The van der Waals surface area contributed by atoms with Crippen molar-refractivity contribution in [1.82, 2.24) is 10.2 Å². The lowest BCUT2D eigenvalue weighted by atomic mass is 10.1. The second kappa shape index (κ2) is 8.81. The van der Waals surface area contributed by atoms with Gasteiger partial charge in [-0.25, -0.2) is 0 Å². The van der Waals surface area contributed by atoms with E-state index in [0.717, 1.165) is 31.1 Å². The van der Waals surface area contributed by atoms with Gasteiger partial charge in [0.2, 0.25) is 0 Å². The van der Waals surface area contributed by atoms with Crippen molar-refractivity contribution in [1.29, 1.82) is 0 Å². The van der Waals surface area contributed by atoms with E-state index in [1.54, 1.807) is 17.4 Å². The van der Waals surface area contributed by atoms with E-state index in [1.165, 1.54) is 16.2 Å². The van der Waals surface area contributed by atoms with E-state index in [4.69, 9.17) is 0 Å². The highest BCUT2D eigenvalue weighted by Gasteiger charge is 2.27. The molecular weight excluding hydrogens is 365 g/mol. The van der Waals surface area contributed by atoms with Crippen LogP contribution >= 0.6 is 47.5 Å². The van der Waals surface area contributed by atoms with Gasteiger partial charge >= 0.3 is 5.00 Å². The number of halogens is 2. The van der Waals surface area contributed by atoms with Crippen molar-refractivity contribution < 1.29 is 4.92 Å². The predicted octanol–water partition coefficient (Wildman–Crippen LogP) is 3.56. The Balaban J connectivity index is 0.00000121. The van der Waals surface area contributed by atoms with Crippen molar-refractivity contribution in [2.45, 2.75) is 6.04 Å². The monoisotopic (exact) mass is 381 g/mol. The van der Waals surface area contributed by atoms with Crippen LogP contribution in [0.4, 0.5) is 5.00 Å². The van der Waals surface area contributed by atoms with Gasteiger partial charge in [0.1, 0.15) is 0 Å². The molecule has 1 saturated heterocycles. The minimum Gasteiger partial charge on any atom is -0.314 e. The first-order valence-corrected chi connectivity index (χ1v) is 8.17. The fourth-order valence-electron chi connectivity index (χ4n) is 2.47. The summed E-state index contributed by atoms with van der Waals surface area (Å²) in [5, 5.41) is 16.5. The summed E-state index contributed by atoms with van der Waals surface area (Å²) < 4.78 is 0. The average Bonchev–Trinajstić information content (AvgIpc) is 3.12. The number of nitrogens with zero attached hydrogens (tertiary/aromatic N) is 2. The van der Waals surface area contributed by atoms with Crippen LogP contribution in [0.15, 0.2) is 29.6 Å². The third kappa shape index (κ3) is 4.18. The van der Waals surface area contributed by atoms with Crippen molar-refractivity contribution in [2.24, 2.45) is 0 Å². The van der Waals surface area contributed by atoms with Gasteiger partial charge in [-0.2, -0.15) is 0 Å². The van der Waals surface area contributed by atoms with Gasteiger partial charge in [-0.15, -0.1) is 36.2 Å². The molecule has 0 aliphatic carbocycles. The molecule has 22 heavy (non-hydrogen) atoms. The zero-order valence-corrected chi connectivity index (χ0v) is 14.9. The summed E-state index contributed by atoms with van der Waals surface area (Å²) in [6.07, 6.45) is 0. The van der Waals surface area contributed by atoms with Gasteiger partial charge < -0.3 is 5.32 Å². The van der Waals surface area contributed by atoms with Crippen LogP contribution in [0.1, 0.15) is 15.8 Å². The Hall–Kier alpha value is -0.700.